The maximum absolute atomic E-state index is 12.5. The number of amides is 1. The van der Waals surface area contributed by atoms with Gasteiger partial charge in [0, 0.05) is 25.0 Å². The Hall–Kier alpha value is -2.86. The van der Waals surface area contributed by atoms with Gasteiger partial charge >= 0.3 is 12.1 Å². The van der Waals surface area contributed by atoms with E-state index in [9.17, 15) is 9.59 Å². The van der Waals surface area contributed by atoms with E-state index in [-0.39, 0.29) is 31.1 Å². The van der Waals surface area contributed by atoms with Gasteiger partial charge in [-0.2, -0.15) is 0 Å². The molecule has 2 aromatic rings. The van der Waals surface area contributed by atoms with Crippen LogP contribution in [-0.4, -0.2) is 42.5 Å². The highest BCUT2D eigenvalue weighted by molar-refractivity contribution is 5.79. The maximum atomic E-state index is 12.5. The lowest BCUT2D eigenvalue weighted by Gasteiger charge is -2.22. The van der Waals surface area contributed by atoms with Gasteiger partial charge in [0.05, 0.1) is 6.10 Å². The molecule has 2 aliphatic rings. The number of carboxylic acids is 1. The van der Waals surface area contributed by atoms with E-state index in [1.807, 2.05) is 24.3 Å². The van der Waals surface area contributed by atoms with E-state index in [0.29, 0.717) is 12.8 Å². The fourth-order valence-corrected chi connectivity index (χ4v) is 4.50. The zero-order valence-electron chi connectivity index (χ0n) is 16.9. The zero-order valence-corrected chi connectivity index (χ0v) is 16.9. The first-order valence-corrected chi connectivity index (χ1v) is 10.6. The van der Waals surface area contributed by atoms with Crippen molar-refractivity contribution in [1.29, 1.82) is 0 Å². The molecule has 4 rings (SSSR count). The smallest absolute Gasteiger partial charge is 0.407 e. The molecule has 1 heterocycles. The monoisotopic (exact) mass is 409 g/mol. The van der Waals surface area contributed by atoms with Crippen LogP contribution in [0.2, 0.25) is 0 Å². The Morgan fingerprint density at radius 3 is 2.37 bits per heavy atom. The molecule has 1 aliphatic heterocycles. The van der Waals surface area contributed by atoms with E-state index in [0.717, 1.165) is 30.6 Å². The minimum absolute atomic E-state index is 0.00103. The van der Waals surface area contributed by atoms with Gasteiger partial charge in [0.15, 0.2) is 0 Å². The predicted molar refractivity (Wildman–Crippen MR) is 112 cm³/mol. The van der Waals surface area contributed by atoms with Gasteiger partial charge in [-0.15, -0.1) is 0 Å². The molecule has 0 aromatic heterocycles. The second-order valence-electron chi connectivity index (χ2n) is 7.97. The molecule has 1 amide bonds. The molecule has 0 radical (unpaired) electrons. The number of benzene rings is 2. The fourth-order valence-electron chi connectivity index (χ4n) is 4.50. The number of alkyl carbamates (subject to hydrolysis) is 1. The Labute approximate surface area is 176 Å². The van der Waals surface area contributed by atoms with Gasteiger partial charge in [-0.25, -0.2) is 4.79 Å². The van der Waals surface area contributed by atoms with Crippen molar-refractivity contribution < 1.29 is 24.2 Å². The Kier molecular flexibility index (Phi) is 6.33. The van der Waals surface area contributed by atoms with Crippen molar-refractivity contribution >= 4 is 12.1 Å². The number of nitrogens with one attached hydrogen (secondary N) is 1. The van der Waals surface area contributed by atoms with Gasteiger partial charge in [-0.1, -0.05) is 48.5 Å². The van der Waals surface area contributed by atoms with Gasteiger partial charge in [0.25, 0.3) is 0 Å². The lowest BCUT2D eigenvalue weighted by atomic mass is 9.98. The summed E-state index contributed by atoms with van der Waals surface area (Å²) in [4.78, 5) is 23.5. The SMILES string of the molecule is O=C(O)CCC(CC1CCCO1)NC(=O)OCC1c2ccccc2-c2ccccc21. The molecule has 158 valence electrons. The lowest BCUT2D eigenvalue weighted by molar-refractivity contribution is -0.137. The summed E-state index contributed by atoms with van der Waals surface area (Å²) >= 11 is 0. The van der Waals surface area contributed by atoms with E-state index in [2.05, 4.69) is 29.6 Å². The van der Waals surface area contributed by atoms with Crippen LogP contribution in [0.3, 0.4) is 0 Å². The summed E-state index contributed by atoms with van der Waals surface area (Å²) in [6.45, 7) is 0.965. The predicted octanol–water partition coefficient (Wildman–Crippen LogP) is 4.33. The summed E-state index contributed by atoms with van der Waals surface area (Å²) in [7, 11) is 0. The van der Waals surface area contributed by atoms with Crippen LogP contribution in [0, 0.1) is 0 Å². The van der Waals surface area contributed by atoms with Crippen LogP contribution in [0.25, 0.3) is 11.1 Å². The van der Waals surface area contributed by atoms with E-state index in [1.165, 1.54) is 11.1 Å². The van der Waals surface area contributed by atoms with E-state index >= 15 is 0 Å². The number of carbonyl (C=O) groups is 2. The minimum atomic E-state index is -0.873. The molecule has 0 saturated carbocycles. The molecule has 1 aliphatic carbocycles. The lowest BCUT2D eigenvalue weighted by Crippen LogP contribution is -2.38. The Morgan fingerprint density at radius 2 is 1.77 bits per heavy atom. The van der Waals surface area contributed by atoms with Gasteiger partial charge in [0.2, 0.25) is 0 Å². The molecule has 2 aromatic carbocycles. The van der Waals surface area contributed by atoms with Crippen LogP contribution >= 0.6 is 0 Å². The highest BCUT2D eigenvalue weighted by atomic mass is 16.5. The first-order chi connectivity index (χ1) is 14.6. The van der Waals surface area contributed by atoms with Gasteiger partial charge in [0.1, 0.15) is 6.61 Å². The average Bonchev–Trinajstić information content (AvgIpc) is 3.36. The van der Waals surface area contributed by atoms with Crippen molar-refractivity contribution in [3.05, 3.63) is 59.7 Å². The van der Waals surface area contributed by atoms with E-state index in [4.69, 9.17) is 14.6 Å². The molecule has 2 N–H and O–H groups in total. The molecule has 0 spiro atoms. The Morgan fingerprint density at radius 1 is 1.10 bits per heavy atom. The van der Waals surface area contributed by atoms with Crippen molar-refractivity contribution in [3.63, 3.8) is 0 Å². The molecular weight excluding hydrogens is 382 g/mol. The molecule has 1 fully saturated rings. The Balaban J connectivity index is 1.38. The van der Waals surface area contributed by atoms with E-state index in [1.54, 1.807) is 0 Å². The van der Waals surface area contributed by atoms with Crippen LogP contribution in [0.4, 0.5) is 4.79 Å². The van der Waals surface area contributed by atoms with Crippen molar-refractivity contribution in [1.82, 2.24) is 5.32 Å². The molecular formula is C24H27NO5. The molecule has 6 heteroatoms. The summed E-state index contributed by atoms with van der Waals surface area (Å²) in [5, 5.41) is 11.9. The topological polar surface area (TPSA) is 84.9 Å². The van der Waals surface area contributed by atoms with Gasteiger partial charge in [-0.05, 0) is 47.9 Å². The zero-order chi connectivity index (χ0) is 20.9. The first-order valence-electron chi connectivity index (χ1n) is 10.6. The van der Waals surface area contributed by atoms with Crippen LogP contribution in [0.1, 0.15) is 49.1 Å². The summed E-state index contributed by atoms with van der Waals surface area (Å²) in [6.07, 6.45) is 2.47. The van der Waals surface area contributed by atoms with Gasteiger partial charge < -0.3 is 19.9 Å². The highest BCUT2D eigenvalue weighted by Crippen LogP contribution is 2.44. The van der Waals surface area contributed by atoms with Crippen molar-refractivity contribution in [2.75, 3.05) is 13.2 Å². The number of rotatable bonds is 8. The molecule has 30 heavy (non-hydrogen) atoms. The fraction of sp³-hybridized carbons (Fsp3) is 0.417. The molecule has 6 nitrogen and oxygen atoms in total. The highest BCUT2D eigenvalue weighted by Gasteiger charge is 2.29. The van der Waals surface area contributed by atoms with Crippen molar-refractivity contribution in [2.24, 2.45) is 0 Å². The van der Waals surface area contributed by atoms with Gasteiger partial charge in [-0.3, -0.25) is 4.79 Å². The summed E-state index contributed by atoms with van der Waals surface area (Å²) in [5.74, 6) is -0.875. The molecule has 0 bridgehead atoms. The van der Waals surface area contributed by atoms with Crippen LogP contribution in [0.15, 0.2) is 48.5 Å². The molecule has 2 atom stereocenters. The summed E-state index contributed by atoms with van der Waals surface area (Å²) < 4.78 is 11.3. The normalized spacial score (nSPS) is 18.5. The third-order valence-electron chi connectivity index (χ3n) is 5.94. The third kappa shape index (κ3) is 4.65. The molecule has 2 unspecified atom stereocenters. The summed E-state index contributed by atoms with van der Waals surface area (Å²) in [6, 6.07) is 16.1. The second-order valence-corrected chi connectivity index (χ2v) is 7.97. The second kappa shape index (κ2) is 9.30. The Bertz CT molecular complexity index is 860. The summed E-state index contributed by atoms with van der Waals surface area (Å²) in [5.41, 5.74) is 4.68. The number of ether oxygens (including phenoxy) is 2. The largest absolute Gasteiger partial charge is 0.481 e. The number of hydrogen-bond acceptors (Lipinski definition) is 4. The first kappa shape index (κ1) is 20.4. The standard InChI is InChI=1S/C24H27NO5/c26-23(27)12-11-16(14-17-6-5-13-29-17)25-24(28)30-15-22-20-9-3-1-7-18(20)19-8-2-4-10-21(19)22/h1-4,7-10,16-17,22H,5-6,11-15H2,(H,25,28)(H,26,27). The van der Waals surface area contributed by atoms with E-state index < -0.39 is 12.1 Å². The average molecular weight is 409 g/mol. The third-order valence-corrected chi connectivity index (χ3v) is 5.94. The molecule has 1 saturated heterocycles. The van der Waals surface area contributed by atoms with Crippen molar-refractivity contribution in [3.8, 4) is 11.1 Å². The number of aliphatic carboxylic acids is 1. The van der Waals surface area contributed by atoms with Crippen LogP contribution in [-0.2, 0) is 14.3 Å². The number of carbonyl (C=O) groups excluding carboxylic acids is 1. The maximum Gasteiger partial charge on any atom is 0.407 e. The van der Waals surface area contributed by atoms with Crippen molar-refractivity contribution in [2.45, 2.75) is 50.2 Å². The minimum Gasteiger partial charge on any atom is -0.481 e. The van der Waals surface area contributed by atoms with Crippen LogP contribution < -0.4 is 5.32 Å². The number of carboxylic acid groups (broad SMARTS) is 1. The number of fused-ring (bicyclic) bond motifs is 3. The number of hydrogen-bond donors (Lipinski definition) is 2. The van der Waals surface area contributed by atoms with Crippen LogP contribution in [0.5, 0.6) is 0 Å². The quantitative estimate of drug-likeness (QED) is 0.678.